The van der Waals surface area contributed by atoms with Gasteiger partial charge in [-0.25, -0.2) is 9.59 Å². The Labute approximate surface area is 161 Å². The quantitative estimate of drug-likeness (QED) is 0.584. The van der Waals surface area contributed by atoms with E-state index in [2.05, 4.69) is 39.8 Å². The summed E-state index contributed by atoms with van der Waals surface area (Å²) in [6.07, 6.45) is 0.635. The molecule has 1 aliphatic heterocycles. The Bertz CT molecular complexity index is 698. The highest BCUT2D eigenvalue weighted by Crippen LogP contribution is 2.16. The van der Waals surface area contributed by atoms with Crippen molar-refractivity contribution in [2.45, 2.75) is 32.9 Å². The minimum Gasteiger partial charge on any atom is -0.463 e. The number of urea groups is 1. The molecule has 1 heterocycles. The van der Waals surface area contributed by atoms with E-state index in [1.165, 1.54) is 10.5 Å². The minimum absolute atomic E-state index is 0.270. The van der Waals surface area contributed by atoms with Crippen LogP contribution in [0.1, 0.15) is 25.8 Å². The van der Waals surface area contributed by atoms with Crippen molar-refractivity contribution in [3.8, 4) is 0 Å². The molecule has 0 spiro atoms. The first-order valence-corrected chi connectivity index (χ1v) is 9.40. The zero-order valence-corrected chi connectivity index (χ0v) is 16.9. The number of carbonyl (C=O) groups is 2. The number of amides is 2. The summed E-state index contributed by atoms with van der Waals surface area (Å²) in [6.45, 7) is 5.35. The molecule has 0 saturated heterocycles. The molecule has 0 aromatic heterocycles. The Morgan fingerprint density at radius 2 is 1.85 bits per heavy atom. The molecule has 3 N–H and O–H groups in total. The van der Waals surface area contributed by atoms with Gasteiger partial charge < -0.3 is 25.2 Å². The number of carbonyl (C=O) groups excluding carboxylic acids is 2. The topological polar surface area (TPSA) is 75.1 Å². The molecule has 7 heteroatoms. The van der Waals surface area contributed by atoms with Gasteiger partial charge in [0.05, 0.1) is 31.0 Å². The van der Waals surface area contributed by atoms with Gasteiger partial charge in [-0.1, -0.05) is 19.1 Å². The third-order valence-corrected chi connectivity index (χ3v) is 4.58. The van der Waals surface area contributed by atoms with Crippen LogP contribution in [-0.2, 0) is 16.1 Å². The van der Waals surface area contributed by atoms with Gasteiger partial charge in [0.25, 0.3) is 0 Å². The third kappa shape index (κ3) is 5.47. The summed E-state index contributed by atoms with van der Waals surface area (Å²) in [5.41, 5.74) is 3.52. The zero-order chi connectivity index (χ0) is 20.0. The molecule has 148 valence electrons. The largest absolute Gasteiger partial charge is 0.463 e. The lowest BCUT2D eigenvalue weighted by Crippen LogP contribution is -3.08. The Kier molecular flexibility index (Phi) is 7.24. The van der Waals surface area contributed by atoms with Crippen molar-refractivity contribution in [2.24, 2.45) is 0 Å². The molecule has 2 amide bonds. The summed E-state index contributed by atoms with van der Waals surface area (Å²) in [5, 5.41) is 5.61. The van der Waals surface area contributed by atoms with Gasteiger partial charge >= 0.3 is 12.0 Å². The number of hydrogen-bond acceptors (Lipinski definition) is 4. The van der Waals surface area contributed by atoms with Gasteiger partial charge in [0.2, 0.25) is 0 Å². The van der Waals surface area contributed by atoms with Crippen LogP contribution in [0.3, 0.4) is 0 Å². The first kappa shape index (κ1) is 20.8. The second-order valence-electron chi connectivity index (χ2n) is 7.04. The van der Waals surface area contributed by atoms with Gasteiger partial charge in [-0.2, -0.15) is 0 Å². The van der Waals surface area contributed by atoms with E-state index >= 15 is 0 Å². The summed E-state index contributed by atoms with van der Waals surface area (Å²) < 4.78 is 5.21. The average Bonchev–Trinajstić information content (AvgIpc) is 2.61. The Balaban J connectivity index is 2.16. The normalized spacial score (nSPS) is 17.8. The predicted octanol–water partition coefficient (Wildman–Crippen LogP) is 0.676. The third-order valence-electron chi connectivity index (χ3n) is 4.58. The summed E-state index contributed by atoms with van der Waals surface area (Å²) in [4.78, 5) is 27.7. The molecule has 7 nitrogen and oxygen atoms in total. The van der Waals surface area contributed by atoms with Gasteiger partial charge in [0.15, 0.2) is 0 Å². The number of hydrogen-bond donors (Lipinski definition) is 3. The van der Waals surface area contributed by atoms with Crippen LogP contribution in [0.25, 0.3) is 0 Å². The van der Waals surface area contributed by atoms with E-state index in [0.717, 1.165) is 12.2 Å². The molecule has 0 aliphatic carbocycles. The van der Waals surface area contributed by atoms with Crippen molar-refractivity contribution in [3.05, 3.63) is 41.1 Å². The molecule has 1 aromatic carbocycles. The summed E-state index contributed by atoms with van der Waals surface area (Å²) in [5.74, 6) is -0.366. The molecule has 1 aliphatic rings. The smallest absolute Gasteiger partial charge is 0.338 e. The summed E-state index contributed by atoms with van der Waals surface area (Å²) in [6, 6.07) is 7.80. The monoisotopic (exact) mass is 375 g/mol. The zero-order valence-electron chi connectivity index (χ0n) is 16.9. The molecule has 0 saturated carbocycles. The van der Waals surface area contributed by atoms with E-state index in [4.69, 9.17) is 4.74 Å². The van der Waals surface area contributed by atoms with Crippen molar-refractivity contribution in [3.63, 3.8) is 0 Å². The van der Waals surface area contributed by atoms with Crippen molar-refractivity contribution in [1.82, 2.24) is 10.6 Å². The lowest BCUT2D eigenvalue weighted by molar-refractivity contribution is -0.889. The van der Waals surface area contributed by atoms with Gasteiger partial charge in [0.1, 0.15) is 13.1 Å². The van der Waals surface area contributed by atoms with E-state index in [1.807, 2.05) is 28.1 Å². The maximum atomic E-state index is 12.4. The van der Waals surface area contributed by atoms with Crippen LogP contribution in [0.5, 0.6) is 0 Å². The fourth-order valence-corrected chi connectivity index (χ4v) is 3.23. The molecule has 0 bridgehead atoms. The van der Waals surface area contributed by atoms with Gasteiger partial charge in [0, 0.05) is 25.3 Å². The number of ether oxygens (including phenoxy) is 1. The lowest BCUT2D eigenvalue weighted by atomic mass is 10.00. The molecule has 2 rings (SSSR count). The number of rotatable bonds is 8. The summed E-state index contributed by atoms with van der Waals surface area (Å²) >= 11 is 0. The van der Waals surface area contributed by atoms with Crippen LogP contribution < -0.4 is 20.4 Å². The molecular formula is C20H31N4O3+. The maximum Gasteiger partial charge on any atom is 0.338 e. The van der Waals surface area contributed by atoms with Crippen molar-refractivity contribution >= 4 is 17.7 Å². The van der Waals surface area contributed by atoms with Crippen molar-refractivity contribution in [2.75, 3.05) is 39.2 Å². The second kappa shape index (κ2) is 9.41. The average molecular weight is 375 g/mol. The van der Waals surface area contributed by atoms with E-state index in [9.17, 15) is 9.59 Å². The van der Waals surface area contributed by atoms with Crippen LogP contribution in [0.2, 0.25) is 0 Å². The number of likely N-dealkylation sites (N-methyl/N-ethyl adjacent to an activating group) is 1. The van der Waals surface area contributed by atoms with Gasteiger partial charge in [-0.15, -0.1) is 0 Å². The first-order valence-electron chi connectivity index (χ1n) is 9.40. The molecule has 0 radical (unpaired) electrons. The lowest BCUT2D eigenvalue weighted by Gasteiger charge is -2.29. The SMILES string of the molecule is CCOC(=O)C1=C(C[NH+](C)Cc2ccc(N(C)C)cc2)NC(=O)N[C@H]1CC. The molecule has 2 atom stereocenters. The number of anilines is 1. The van der Waals surface area contributed by atoms with E-state index in [0.29, 0.717) is 30.8 Å². The minimum atomic E-state index is -0.366. The number of nitrogens with one attached hydrogen (secondary N) is 3. The predicted molar refractivity (Wildman–Crippen MR) is 106 cm³/mol. The Morgan fingerprint density at radius 3 is 2.41 bits per heavy atom. The second-order valence-corrected chi connectivity index (χ2v) is 7.04. The highest BCUT2D eigenvalue weighted by Gasteiger charge is 2.32. The van der Waals surface area contributed by atoms with Gasteiger partial charge in [-0.3, -0.25) is 0 Å². The van der Waals surface area contributed by atoms with Crippen LogP contribution in [-0.4, -0.2) is 52.3 Å². The fraction of sp³-hybridized carbons (Fsp3) is 0.500. The van der Waals surface area contributed by atoms with Crippen LogP contribution in [0.4, 0.5) is 10.5 Å². The Hall–Kier alpha value is -2.54. The highest BCUT2D eigenvalue weighted by atomic mass is 16.5. The van der Waals surface area contributed by atoms with E-state index in [1.54, 1.807) is 6.92 Å². The maximum absolute atomic E-state index is 12.4. The molecular weight excluding hydrogens is 344 g/mol. The molecule has 1 aromatic rings. The fourth-order valence-electron chi connectivity index (χ4n) is 3.23. The van der Waals surface area contributed by atoms with Crippen LogP contribution in [0.15, 0.2) is 35.5 Å². The number of esters is 1. The van der Waals surface area contributed by atoms with E-state index < -0.39 is 0 Å². The Morgan fingerprint density at radius 1 is 1.19 bits per heavy atom. The molecule has 0 fully saturated rings. The van der Waals surface area contributed by atoms with Crippen LogP contribution >= 0.6 is 0 Å². The molecule has 1 unspecified atom stereocenters. The van der Waals surface area contributed by atoms with Crippen LogP contribution in [0, 0.1) is 0 Å². The number of benzene rings is 1. The number of nitrogens with zero attached hydrogens (tertiary/aromatic N) is 1. The van der Waals surface area contributed by atoms with Crippen molar-refractivity contribution in [1.29, 1.82) is 0 Å². The highest BCUT2D eigenvalue weighted by molar-refractivity contribution is 5.94. The standard InChI is InChI=1S/C20H30N4O3/c1-6-16-18(19(25)27-7-2)17(22-20(26)21-16)13-24(5)12-14-8-10-15(11-9-14)23(3)4/h8-11,16H,6-7,12-13H2,1-5H3,(H2,21,22,26)/p+1/t16-/m0/s1. The number of quaternary nitrogens is 1. The summed E-state index contributed by atoms with van der Waals surface area (Å²) in [7, 11) is 6.07. The first-order chi connectivity index (χ1) is 12.8. The molecule has 27 heavy (non-hydrogen) atoms. The van der Waals surface area contributed by atoms with Crippen molar-refractivity contribution < 1.29 is 19.2 Å². The van der Waals surface area contributed by atoms with E-state index in [-0.39, 0.29) is 18.0 Å². The van der Waals surface area contributed by atoms with Gasteiger partial charge in [-0.05, 0) is 25.5 Å².